The molecule has 5 nitrogen and oxygen atoms in total. The van der Waals surface area contributed by atoms with Gasteiger partial charge in [-0.15, -0.1) is 11.3 Å². The number of esters is 1. The second-order valence-corrected chi connectivity index (χ2v) is 9.61. The fourth-order valence-electron chi connectivity index (χ4n) is 3.59. The summed E-state index contributed by atoms with van der Waals surface area (Å²) < 4.78 is 5.40. The van der Waals surface area contributed by atoms with Crippen LogP contribution in [0.5, 0.6) is 0 Å². The van der Waals surface area contributed by atoms with Crippen molar-refractivity contribution in [2.24, 2.45) is 11.8 Å². The van der Waals surface area contributed by atoms with E-state index in [0.717, 1.165) is 36.1 Å². The number of rotatable bonds is 6. The fraction of sp³-hybridized carbons (Fsp3) is 0.650. The second-order valence-electron chi connectivity index (χ2n) is 8.42. The molecule has 142 valence electrons. The van der Waals surface area contributed by atoms with Gasteiger partial charge in [-0.3, -0.25) is 9.59 Å². The number of fused-ring (bicyclic) bond motifs is 1. The molecule has 1 aromatic heterocycles. The quantitative estimate of drug-likeness (QED) is 0.762. The molecule has 1 aromatic rings. The molecule has 26 heavy (non-hydrogen) atoms. The van der Waals surface area contributed by atoms with Gasteiger partial charge >= 0.3 is 11.9 Å². The van der Waals surface area contributed by atoms with Crippen molar-refractivity contribution in [3.05, 3.63) is 20.9 Å². The molecule has 2 aliphatic carbocycles. The Kier molecular flexibility index (Phi) is 5.24. The van der Waals surface area contributed by atoms with E-state index < -0.39 is 11.6 Å². The Balaban J connectivity index is 1.74. The number of carboxylic acids is 1. The van der Waals surface area contributed by atoms with Crippen LogP contribution in [0.3, 0.4) is 0 Å². The van der Waals surface area contributed by atoms with Gasteiger partial charge in [-0.25, -0.2) is 4.79 Å². The van der Waals surface area contributed by atoms with Gasteiger partial charge in [-0.1, -0.05) is 0 Å². The number of carbonyl (C=O) groups is 3. The van der Waals surface area contributed by atoms with Crippen molar-refractivity contribution in [3.63, 3.8) is 0 Å². The van der Waals surface area contributed by atoms with Crippen molar-refractivity contribution in [2.45, 2.75) is 71.3 Å². The summed E-state index contributed by atoms with van der Waals surface area (Å²) in [6.07, 6.45) is 4.61. The molecular weight excluding hydrogens is 352 g/mol. The Bertz CT molecular complexity index is 736. The summed E-state index contributed by atoms with van der Waals surface area (Å²) in [5.74, 6) is -0.801. The molecule has 0 spiro atoms. The number of hydrogen-bond acceptors (Lipinski definition) is 5. The Hall–Kier alpha value is -1.69. The normalized spacial score (nSPS) is 19.7. The number of thiophene rings is 1. The van der Waals surface area contributed by atoms with Crippen LogP contribution in [0.2, 0.25) is 0 Å². The van der Waals surface area contributed by atoms with Crippen LogP contribution in [0.25, 0.3) is 0 Å². The maximum absolute atomic E-state index is 12.2. The minimum absolute atomic E-state index is 0.0945. The van der Waals surface area contributed by atoms with E-state index in [4.69, 9.17) is 4.74 Å². The third kappa shape index (κ3) is 4.53. The van der Waals surface area contributed by atoms with Crippen LogP contribution >= 0.6 is 11.3 Å². The molecule has 0 bridgehead atoms. The van der Waals surface area contributed by atoms with Crippen molar-refractivity contribution < 1.29 is 24.2 Å². The number of Topliss-reactive ketones (excluding diaryl/α,β-unsaturated/α-hetero) is 1. The summed E-state index contributed by atoms with van der Waals surface area (Å²) in [6.45, 7) is 5.53. The smallest absolute Gasteiger partial charge is 0.337 e. The average molecular weight is 378 g/mol. The maximum atomic E-state index is 12.2. The Morgan fingerprint density at radius 2 is 1.88 bits per heavy atom. The molecule has 1 fully saturated rings. The average Bonchev–Trinajstić information content (AvgIpc) is 3.27. The molecule has 1 saturated carbocycles. The summed E-state index contributed by atoms with van der Waals surface area (Å²) in [5, 5.41) is 9.70. The van der Waals surface area contributed by atoms with Gasteiger partial charge < -0.3 is 9.84 Å². The molecule has 1 heterocycles. The highest BCUT2D eigenvalue weighted by molar-refractivity contribution is 7.12. The van der Waals surface area contributed by atoms with Gasteiger partial charge in [-0.2, -0.15) is 0 Å². The van der Waals surface area contributed by atoms with Gasteiger partial charge in [0.15, 0.2) is 0 Å². The molecule has 1 atom stereocenters. The predicted molar refractivity (Wildman–Crippen MR) is 98.7 cm³/mol. The van der Waals surface area contributed by atoms with E-state index in [2.05, 4.69) is 0 Å². The lowest BCUT2D eigenvalue weighted by molar-refractivity contribution is -0.156. The van der Waals surface area contributed by atoms with Crippen LogP contribution in [0, 0.1) is 11.8 Å². The zero-order valence-electron chi connectivity index (χ0n) is 15.6. The van der Waals surface area contributed by atoms with Gasteiger partial charge in [0.1, 0.15) is 11.4 Å². The van der Waals surface area contributed by atoms with Crippen LogP contribution < -0.4 is 0 Å². The number of ether oxygens (including phenoxy) is 1. The van der Waals surface area contributed by atoms with Crippen LogP contribution in [0.1, 0.15) is 72.1 Å². The molecule has 0 radical (unpaired) electrons. The van der Waals surface area contributed by atoms with Gasteiger partial charge in [0.25, 0.3) is 0 Å². The van der Waals surface area contributed by atoms with Gasteiger partial charge in [0.05, 0.1) is 5.56 Å². The molecule has 0 aromatic carbocycles. The second kappa shape index (κ2) is 7.14. The van der Waals surface area contributed by atoms with Gasteiger partial charge in [0, 0.05) is 28.5 Å². The fourth-order valence-corrected chi connectivity index (χ4v) is 4.94. The first-order valence-electron chi connectivity index (χ1n) is 9.25. The van der Waals surface area contributed by atoms with E-state index in [1.54, 1.807) is 0 Å². The van der Waals surface area contributed by atoms with Crippen LogP contribution in [0.4, 0.5) is 0 Å². The van der Waals surface area contributed by atoms with Crippen LogP contribution in [-0.4, -0.2) is 28.4 Å². The lowest BCUT2D eigenvalue weighted by Crippen LogP contribution is -2.26. The van der Waals surface area contributed by atoms with Gasteiger partial charge in [0.2, 0.25) is 0 Å². The Morgan fingerprint density at radius 1 is 1.19 bits per heavy atom. The SMILES string of the molecule is CC(C)(C)OC(=O)C[C@H]1CCc2sc(CC(=O)C3CC3)c(C(=O)O)c2C1. The molecule has 0 saturated heterocycles. The topological polar surface area (TPSA) is 80.7 Å². The van der Waals surface area contributed by atoms with Crippen molar-refractivity contribution in [3.8, 4) is 0 Å². The van der Waals surface area contributed by atoms with Crippen molar-refractivity contribution in [2.75, 3.05) is 0 Å². The molecule has 3 rings (SSSR count). The van der Waals surface area contributed by atoms with Crippen molar-refractivity contribution >= 4 is 29.1 Å². The predicted octanol–water partition coefficient (Wildman–Crippen LogP) is 3.80. The highest BCUT2D eigenvalue weighted by Crippen LogP contribution is 2.39. The summed E-state index contributed by atoms with van der Waals surface area (Å²) >= 11 is 1.48. The van der Waals surface area contributed by atoms with E-state index >= 15 is 0 Å². The van der Waals surface area contributed by atoms with E-state index in [1.807, 2.05) is 20.8 Å². The molecule has 0 aliphatic heterocycles. The van der Waals surface area contributed by atoms with E-state index in [1.165, 1.54) is 11.3 Å². The zero-order valence-corrected chi connectivity index (χ0v) is 16.4. The van der Waals surface area contributed by atoms with Gasteiger partial charge in [-0.05, 0) is 64.4 Å². The van der Waals surface area contributed by atoms with E-state index in [-0.39, 0.29) is 30.0 Å². The Morgan fingerprint density at radius 3 is 2.46 bits per heavy atom. The van der Waals surface area contributed by atoms with Crippen LogP contribution in [0.15, 0.2) is 0 Å². The van der Waals surface area contributed by atoms with E-state index in [0.29, 0.717) is 23.3 Å². The lowest BCUT2D eigenvalue weighted by Gasteiger charge is -2.25. The van der Waals surface area contributed by atoms with Crippen molar-refractivity contribution in [1.82, 2.24) is 0 Å². The number of carboxylic acid groups (broad SMARTS) is 1. The summed E-state index contributed by atoms with van der Waals surface area (Å²) in [6, 6.07) is 0. The largest absolute Gasteiger partial charge is 0.478 e. The minimum Gasteiger partial charge on any atom is -0.478 e. The highest BCUT2D eigenvalue weighted by Gasteiger charge is 2.34. The summed E-state index contributed by atoms with van der Waals surface area (Å²) in [5.41, 5.74) is 0.635. The number of aromatic carboxylic acids is 1. The number of hydrogen-bond donors (Lipinski definition) is 1. The summed E-state index contributed by atoms with van der Waals surface area (Å²) in [7, 11) is 0. The van der Waals surface area contributed by atoms with Crippen LogP contribution in [-0.2, 0) is 33.6 Å². The lowest BCUT2D eigenvalue weighted by atomic mass is 9.84. The first kappa shape index (κ1) is 19.1. The van der Waals surface area contributed by atoms with Crippen molar-refractivity contribution in [1.29, 1.82) is 0 Å². The molecular formula is C20H26O5S. The molecule has 1 N–H and O–H groups in total. The zero-order chi connectivity index (χ0) is 19.1. The minimum atomic E-state index is -0.959. The monoisotopic (exact) mass is 378 g/mol. The third-order valence-electron chi connectivity index (χ3n) is 4.89. The maximum Gasteiger partial charge on any atom is 0.337 e. The highest BCUT2D eigenvalue weighted by atomic mass is 32.1. The Labute approximate surface area is 157 Å². The standard InChI is InChI=1S/C20H26O5S/c1-20(2,3)25-17(22)9-11-4-7-15-13(8-11)18(19(23)24)16(26-15)10-14(21)12-5-6-12/h11-12H,4-10H2,1-3H3,(H,23,24)/t11-/m0/s1. The summed E-state index contributed by atoms with van der Waals surface area (Å²) in [4.78, 5) is 37.9. The number of aryl methyl sites for hydroxylation is 1. The molecule has 6 heteroatoms. The molecule has 0 unspecified atom stereocenters. The number of carbonyl (C=O) groups excluding carboxylic acids is 2. The molecule has 2 aliphatic rings. The first-order valence-corrected chi connectivity index (χ1v) is 10.1. The van der Waals surface area contributed by atoms with E-state index in [9.17, 15) is 19.5 Å². The first-order chi connectivity index (χ1) is 12.1. The number of ketones is 1. The molecule has 0 amide bonds. The third-order valence-corrected chi connectivity index (χ3v) is 6.18.